The summed E-state index contributed by atoms with van der Waals surface area (Å²) in [7, 11) is 3.46. The standard InChI is InChI=1S/C10H10BrN3OS/c1-14-10(16)12-9(13-14)7-5-6(15-2)3-4-8(7)11/h3-5H,1-2H3,(H,12,13,16). The van der Waals surface area contributed by atoms with Gasteiger partial charge in [0.15, 0.2) is 5.82 Å². The Morgan fingerprint density at radius 3 is 2.81 bits per heavy atom. The maximum absolute atomic E-state index is 5.17. The largest absolute Gasteiger partial charge is 0.497 e. The molecule has 0 bridgehead atoms. The second kappa shape index (κ2) is 4.39. The first-order valence-corrected chi connectivity index (χ1v) is 5.79. The molecule has 0 aliphatic heterocycles. The SMILES string of the molecule is COc1ccc(Br)c(-c2nc(=S)n(C)[nH]2)c1. The smallest absolute Gasteiger partial charge is 0.216 e. The maximum atomic E-state index is 5.17. The highest BCUT2D eigenvalue weighted by Gasteiger charge is 2.08. The molecule has 84 valence electrons. The number of methoxy groups -OCH3 is 1. The van der Waals surface area contributed by atoms with Gasteiger partial charge in [-0.2, -0.15) is 4.98 Å². The van der Waals surface area contributed by atoms with Crippen LogP contribution in [0.3, 0.4) is 0 Å². The van der Waals surface area contributed by atoms with Gasteiger partial charge in [-0.25, -0.2) is 0 Å². The van der Waals surface area contributed by atoms with Crippen molar-refractivity contribution in [1.82, 2.24) is 14.8 Å². The minimum Gasteiger partial charge on any atom is -0.497 e. The lowest BCUT2D eigenvalue weighted by Gasteiger charge is -2.04. The zero-order valence-electron chi connectivity index (χ0n) is 8.82. The molecule has 1 aromatic heterocycles. The van der Waals surface area contributed by atoms with Crippen LogP contribution in [0, 0.1) is 4.77 Å². The van der Waals surface area contributed by atoms with Crippen molar-refractivity contribution in [3.63, 3.8) is 0 Å². The number of rotatable bonds is 2. The first kappa shape index (κ1) is 11.3. The number of hydrogen-bond donors (Lipinski definition) is 1. The van der Waals surface area contributed by atoms with Crippen LogP contribution < -0.4 is 4.74 Å². The third kappa shape index (κ3) is 2.03. The number of aromatic amines is 1. The van der Waals surface area contributed by atoms with E-state index in [0.717, 1.165) is 21.6 Å². The molecule has 6 heteroatoms. The van der Waals surface area contributed by atoms with E-state index in [4.69, 9.17) is 17.0 Å². The molecule has 1 heterocycles. The Morgan fingerprint density at radius 2 is 2.25 bits per heavy atom. The fraction of sp³-hybridized carbons (Fsp3) is 0.200. The Morgan fingerprint density at radius 1 is 1.50 bits per heavy atom. The predicted octanol–water partition coefficient (Wildman–Crippen LogP) is 2.92. The van der Waals surface area contributed by atoms with Gasteiger partial charge in [-0.3, -0.25) is 9.78 Å². The number of H-pyrrole nitrogens is 1. The molecule has 0 saturated carbocycles. The molecule has 0 aliphatic carbocycles. The molecule has 0 fully saturated rings. The third-order valence-electron chi connectivity index (χ3n) is 2.20. The molecule has 2 rings (SSSR count). The van der Waals surface area contributed by atoms with Crippen molar-refractivity contribution in [2.24, 2.45) is 7.05 Å². The molecule has 0 spiro atoms. The van der Waals surface area contributed by atoms with Gasteiger partial charge in [-0.15, -0.1) is 0 Å². The summed E-state index contributed by atoms with van der Waals surface area (Å²) in [5.74, 6) is 1.50. The summed E-state index contributed by atoms with van der Waals surface area (Å²) in [5.41, 5.74) is 0.922. The molecule has 1 aromatic carbocycles. The van der Waals surface area contributed by atoms with Crippen molar-refractivity contribution >= 4 is 28.1 Å². The van der Waals surface area contributed by atoms with Gasteiger partial charge in [0.2, 0.25) is 4.77 Å². The molecule has 0 atom stereocenters. The van der Waals surface area contributed by atoms with Crippen molar-refractivity contribution in [1.29, 1.82) is 0 Å². The van der Waals surface area contributed by atoms with E-state index >= 15 is 0 Å². The van der Waals surface area contributed by atoms with Crippen LogP contribution >= 0.6 is 28.1 Å². The van der Waals surface area contributed by atoms with E-state index in [0.29, 0.717) is 4.77 Å². The Kier molecular flexibility index (Phi) is 3.11. The zero-order valence-corrected chi connectivity index (χ0v) is 11.2. The van der Waals surface area contributed by atoms with Gasteiger partial charge in [-0.05, 0) is 30.4 Å². The van der Waals surface area contributed by atoms with Crippen molar-refractivity contribution in [2.75, 3.05) is 7.11 Å². The first-order valence-electron chi connectivity index (χ1n) is 4.59. The summed E-state index contributed by atoms with van der Waals surface area (Å²) in [6.07, 6.45) is 0. The van der Waals surface area contributed by atoms with E-state index in [9.17, 15) is 0 Å². The van der Waals surface area contributed by atoms with Gasteiger partial charge in [0.1, 0.15) is 5.75 Å². The summed E-state index contributed by atoms with van der Waals surface area (Å²) in [5, 5.41) is 3.07. The molecular formula is C10H10BrN3OS. The molecule has 0 unspecified atom stereocenters. The molecule has 2 aromatic rings. The van der Waals surface area contributed by atoms with Crippen molar-refractivity contribution in [3.05, 3.63) is 27.4 Å². The monoisotopic (exact) mass is 299 g/mol. The quantitative estimate of drug-likeness (QED) is 0.867. The van der Waals surface area contributed by atoms with Gasteiger partial charge in [0, 0.05) is 17.1 Å². The van der Waals surface area contributed by atoms with Crippen LogP contribution in [0.1, 0.15) is 0 Å². The number of ether oxygens (including phenoxy) is 1. The summed E-state index contributed by atoms with van der Waals surface area (Å²) < 4.78 is 8.32. The average Bonchev–Trinajstić information content (AvgIpc) is 2.60. The van der Waals surface area contributed by atoms with Crippen LogP contribution in [0.2, 0.25) is 0 Å². The van der Waals surface area contributed by atoms with Gasteiger partial charge in [0.25, 0.3) is 0 Å². The fourth-order valence-electron chi connectivity index (χ4n) is 1.34. The second-order valence-corrected chi connectivity index (χ2v) is 4.48. The van der Waals surface area contributed by atoms with E-state index in [1.54, 1.807) is 11.8 Å². The Balaban J connectivity index is 2.58. The summed E-state index contributed by atoms with van der Waals surface area (Å²) in [4.78, 5) is 4.25. The normalized spacial score (nSPS) is 10.4. The Bertz CT molecular complexity index is 576. The number of nitrogens with zero attached hydrogens (tertiary/aromatic N) is 2. The van der Waals surface area contributed by atoms with E-state index in [1.807, 2.05) is 25.2 Å². The Labute approximate surface area is 106 Å². The lowest BCUT2D eigenvalue weighted by Crippen LogP contribution is -1.90. The minimum atomic E-state index is 0.518. The highest BCUT2D eigenvalue weighted by molar-refractivity contribution is 9.10. The number of aryl methyl sites for hydroxylation is 1. The van der Waals surface area contributed by atoms with E-state index < -0.39 is 0 Å². The highest BCUT2D eigenvalue weighted by atomic mass is 79.9. The number of halogens is 1. The molecular weight excluding hydrogens is 290 g/mol. The molecule has 16 heavy (non-hydrogen) atoms. The van der Waals surface area contributed by atoms with Gasteiger partial charge < -0.3 is 4.74 Å². The third-order valence-corrected chi connectivity index (χ3v) is 3.25. The number of benzene rings is 1. The van der Waals surface area contributed by atoms with Crippen LogP contribution in [0.15, 0.2) is 22.7 Å². The minimum absolute atomic E-state index is 0.518. The summed E-state index contributed by atoms with van der Waals surface area (Å²) in [6, 6.07) is 5.70. The van der Waals surface area contributed by atoms with Crippen LogP contribution in [-0.4, -0.2) is 21.9 Å². The second-order valence-electron chi connectivity index (χ2n) is 3.26. The summed E-state index contributed by atoms with van der Waals surface area (Å²) >= 11 is 8.52. The molecule has 1 N–H and O–H groups in total. The van der Waals surface area contributed by atoms with E-state index in [-0.39, 0.29) is 0 Å². The molecule has 0 saturated heterocycles. The van der Waals surface area contributed by atoms with Crippen LogP contribution in [0.5, 0.6) is 5.75 Å². The number of nitrogens with one attached hydrogen (secondary N) is 1. The average molecular weight is 300 g/mol. The molecule has 0 radical (unpaired) electrons. The number of hydrogen-bond acceptors (Lipinski definition) is 3. The molecule has 0 aliphatic rings. The zero-order chi connectivity index (χ0) is 11.7. The van der Waals surface area contributed by atoms with Crippen molar-refractivity contribution < 1.29 is 4.74 Å². The van der Waals surface area contributed by atoms with Crippen molar-refractivity contribution in [2.45, 2.75) is 0 Å². The first-order chi connectivity index (χ1) is 7.61. The topological polar surface area (TPSA) is 42.8 Å². The van der Waals surface area contributed by atoms with Crippen LogP contribution in [0.4, 0.5) is 0 Å². The summed E-state index contributed by atoms with van der Waals surface area (Å²) in [6.45, 7) is 0. The highest BCUT2D eigenvalue weighted by Crippen LogP contribution is 2.29. The van der Waals surface area contributed by atoms with Gasteiger partial charge >= 0.3 is 0 Å². The van der Waals surface area contributed by atoms with E-state index in [1.165, 1.54) is 0 Å². The lowest BCUT2D eigenvalue weighted by atomic mass is 10.2. The van der Waals surface area contributed by atoms with Crippen LogP contribution in [-0.2, 0) is 7.05 Å². The van der Waals surface area contributed by atoms with Crippen LogP contribution in [0.25, 0.3) is 11.4 Å². The predicted molar refractivity (Wildman–Crippen MR) is 68.1 cm³/mol. The van der Waals surface area contributed by atoms with Crippen molar-refractivity contribution in [3.8, 4) is 17.1 Å². The van der Waals surface area contributed by atoms with E-state index in [2.05, 4.69) is 26.0 Å². The Hall–Kier alpha value is -1.14. The maximum Gasteiger partial charge on any atom is 0.216 e. The fourth-order valence-corrected chi connectivity index (χ4v) is 1.91. The molecule has 0 amide bonds. The lowest BCUT2D eigenvalue weighted by molar-refractivity contribution is 0.415. The van der Waals surface area contributed by atoms with Gasteiger partial charge in [0.05, 0.1) is 7.11 Å². The number of aromatic nitrogens is 3. The molecule has 4 nitrogen and oxygen atoms in total. The van der Waals surface area contributed by atoms with Gasteiger partial charge in [-0.1, -0.05) is 15.9 Å².